The Morgan fingerprint density at radius 2 is 1.30 bits per heavy atom. The van der Waals surface area contributed by atoms with Gasteiger partial charge in [-0.3, -0.25) is 9.97 Å². The Labute approximate surface area is 197 Å². The third-order valence-electron chi connectivity index (χ3n) is 4.12. The van der Waals surface area contributed by atoms with E-state index in [-0.39, 0.29) is 11.2 Å². The highest BCUT2D eigenvalue weighted by atomic mass is 35.5. The monoisotopic (exact) mass is 465 g/mol. The molecule has 0 fully saturated rings. The van der Waals surface area contributed by atoms with E-state index in [1.807, 2.05) is 50.2 Å². The molecule has 0 aliphatic heterocycles. The average molecular weight is 466 g/mol. The molecule has 10 heteroatoms. The van der Waals surface area contributed by atoms with Crippen molar-refractivity contribution in [1.29, 1.82) is 0 Å². The molecule has 1 N–H and O–H groups in total. The number of hydrogen-bond acceptors (Lipinski definition) is 9. The van der Waals surface area contributed by atoms with Crippen LogP contribution in [0.4, 0.5) is 5.82 Å². The first-order valence-corrected chi connectivity index (χ1v) is 10.5. The number of ether oxygens (including phenoxy) is 2. The molecule has 33 heavy (non-hydrogen) atoms. The van der Waals surface area contributed by atoms with Crippen LogP contribution in [0.15, 0.2) is 61.2 Å². The Morgan fingerprint density at radius 1 is 0.758 bits per heavy atom. The summed E-state index contributed by atoms with van der Waals surface area (Å²) in [4.78, 5) is 25.2. The lowest BCUT2D eigenvalue weighted by atomic mass is 10.3. The Balaban J connectivity index is 0.000000189. The van der Waals surface area contributed by atoms with Crippen LogP contribution in [-0.4, -0.2) is 50.2 Å². The lowest BCUT2D eigenvalue weighted by Gasteiger charge is -2.13. The van der Waals surface area contributed by atoms with E-state index in [4.69, 9.17) is 21.1 Å². The minimum absolute atomic E-state index is 0.269. The predicted molar refractivity (Wildman–Crippen MR) is 127 cm³/mol. The highest BCUT2D eigenvalue weighted by molar-refractivity contribution is 6.30. The molecule has 4 heterocycles. The summed E-state index contributed by atoms with van der Waals surface area (Å²) >= 11 is 5.88. The maximum atomic E-state index is 5.88. The van der Waals surface area contributed by atoms with E-state index in [2.05, 4.69) is 35.2 Å². The SMILES string of the molecule is COc1cnc(-c2ccccn2)nc1Cl.COc1cnc(-c2ccccn2)nc1NC(C)C. The van der Waals surface area contributed by atoms with Crippen LogP contribution < -0.4 is 14.8 Å². The largest absolute Gasteiger partial charge is 0.492 e. The van der Waals surface area contributed by atoms with Crippen LogP contribution in [0.1, 0.15) is 13.8 Å². The minimum atomic E-state index is 0.269. The fourth-order valence-corrected chi connectivity index (χ4v) is 2.83. The lowest BCUT2D eigenvalue weighted by molar-refractivity contribution is 0.411. The van der Waals surface area contributed by atoms with Gasteiger partial charge in [-0.15, -0.1) is 0 Å². The number of nitrogens with zero attached hydrogens (tertiary/aromatic N) is 6. The quantitative estimate of drug-likeness (QED) is 0.409. The molecule has 170 valence electrons. The van der Waals surface area contributed by atoms with Crippen LogP contribution in [0.5, 0.6) is 11.5 Å². The van der Waals surface area contributed by atoms with Gasteiger partial charge in [0, 0.05) is 18.4 Å². The molecule has 9 nitrogen and oxygen atoms in total. The van der Waals surface area contributed by atoms with E-state index in [9.17, 15) is 0 Å². The van der Waals surface area contributed by atoms with Crippen molar-refractivity contribution in [2.75, 3.05) is 19.5 Å². The number of nitrogens with one attached hydrogen (secondary N) is 1. The fraction of sp³-hybridized carbons (Fsp3) is 0.217. The zero-order chi connectivity index (χ0) is 23.6. The smallest absolute Gasteiger partial charge is 0.180 e. The molecule has 0 saturated carbocycles. The average Bonchev–Trinajstić information content (AvgIpc) is 2.85. The maximum absolute atomic E-state index is 5.88. The molecule has 0 aliphatic rings. The molecule has 0 bridgehead atoms. The number of pyridine rings is 2. The van der Waals surface area contributed by atoms with Crippen molar-refractivity contribution in [3.05, 3.63) is 66.3 Å². The highest BCUT2D eigenvalue weighted by Crippen LogP contribution is 2.24. The van der Waals surface area contributed by atoms with Crippen molar-refractivity contribution in [2.24, 2.45) is 0 Å². The number of hydrogen-bond donors (Lipinski definition) is 1. The van der Waals surface area contributed by atoms with Crippen molar-refractivity contribution < 1.29 is 9.47 Å². The van der Waals surface area contributed by atoms with Gasteiger partial charge in [0.25, 0.3) is 0 Å². The zero-order valence-corrected chi connectivity index (χ0v) is 19.5. The van der Waals surface area contributed by atoms with Crippen molar-refractivity contribution >= 4 is 17.4 Å². The van der Waals surface area contributed by atoms with Crippen LogP contribution in [0.25, 0.3) is 23.0 Å². The molecule has 0 unspecified atom stereocenters. The number of rotatable bonds is 6. The molecule has 0 atom stereocenters. The number of anilines is 1. The highest BCUT2D eigenvalue weighted by Gasteiger charge is 2.10. The lowest BCUT2D eigenvalue weighted by Crippen LogP contribution is -2.13. The third-order valence-corrected chi connectivity index (χ3v) is 4.39. The van der Waals surface area contributed by atoms with Gasteiger partial charge in [0.15, 0.2) is 34.1 Å². The summed E-state index contributed by atoms with van der Waals surface area (Å²) in [6.45, 7) is 4.09. The summed E-state index contributed by atoms with van der Waals surface area (Å²) in [6.07, 6.45) is 6.58. The number of methoxy groups -OCH3 is 2. The van der Waals surface area contributed by atoms with Crippen molar-refractivity contribution in [2.45, 2.75) is 19.9 Å². The standard InChI is InChI=1S/C13H16N4O.C10H8ClN3O/c1-9(2)16-13-11(18-3)8-15-12(17-13)10-6-4-5-7-14-10;1-15-8-6-13-10(14-9(8)11)7-4-2-3-5-12-7/h4-9H,1-3H3,(H,15,16,17);2-6H,1H3. The Kier molecular flexibility index (Phi) is 8.43. The van der Waals surface area contributed by atoms with Gasteiger partial charge in [0.05, 0.1) is 26.6 Å². The Hall–Kier alpha value is -3.85. The molecule has 4 rings (SSSR count). The number of aromatic nitrogens is 6. The summed E-state index contributed by atoms with van der Waals surface area (Å²) in [6, 6.07) is 11.4. The van der Waals surface area contributed by atoms with Crippen LogP contribution in [0.3, 0.4) is 0 Å². The van der Waals surface area contributed by atoms with Gasteiger partial charge in [-0.05, 0) is 38.1 Å². The van der Waals surface area contributed by atoms with Crippen LogP contribution in [-0.2, 0) is 0 Å². The topological polar surface area (TPSA) is 108 Å². The summed E-state index contributed by atoms with van der Waals surface area (Å²) in [5, 5.41) is 3.52. The Bertz CT molecular complexity index is 1160. The molecular weight excluding hydrogens is 442 g/mol. The van der Waals surface area contributed by atoms with Gasteiger partial charge < -0.3 is 14.8 Å². The zero-order valence-electron chi connectivity index (χ0n) is 18.7. The molecule has 0 spiro atoms. The van der Waals surface area contributed by atoms with Crippen molar-refractivity contribution in [3.8, 4) is 34.5 Å². The van der Waals surface area contributed by atoms with Gasteiger partial charge in [0.2, 0.25) is 0 Å². The van der Waals surface area contributed by atoms with Crippen molar-refractivity contribution in [1.82, 2.24) is 29.9 Å². The molecule has 0 aromatic carbocycles. The molecule has 4 aromatic heterocycles. The first-order chi connectivity index (χ1) is 16.0. The van der Waals surface area contributed by atoms with E-state index in [0.29, 0.717) is 34.7 Å². The molecule has 0 saturated heterocycles. The van der Waals surface area contributed by atoms with Gasteiger partial charge >= 0.3 is 0 Å². The van der Waals surface area contributed by atoms with E-state index < -0.39 is 0 Å². The van der Waals surface area contributed by atoms with Gasteiger partial charge in [-0.1, -0.05) is 23.7 Å². The summed E-state index contributed by atoms with van der Waals surface area (Å²) in [7, 11) is 3.12. The summed E-state index contributed by atoms with van der Waals surface area (Å²) < 4.78 is 10.2. The van der Waals surface area contributed by atoms with Crippen LogP contribution >= 0.6 is 11.6 Å². The van der Waals surface area contributed by atoms with Crippen LogP contribution in [0.2, 0.25) is 5.15 Å². The maximum Gasteiger partial charge on any atom is 0.180 e. The van der Waals surface area contributed by atoms with E-state index in [1.165, 1.54) is 13.3 Å². The normalized spacial score (nSPS) is 10.2. The molecule has 0 amide bonds. The predicted octanol–water partition coefficient (Wildman–Crippen LogP) is 4.57. The Morgan fingerprint density at radius 3 is 1.76 bits per heavy atom. The fourth-order valence-electron chi connectivity index (χ4n) is 2.62. The second-order valence-corrected chi connectivity index (χ2v) is 7.25. The van der Waals surface area contributed by atoms with Crippen LogP contribution in [0, 0.1) is 0 Å². The van der Waals surface area contributed by atoms with Crippen molar-refractivity contribution in [3.63, 3.8) is 0 Å². The summed E-state index contributed by atoms with van der Waals surface area (Å²) in [5.74, 6) is 2.84. The first-order valence-electron chi connectivity index (χ1n) is 10.1. The van der Waals surface area contributed by atoms with Gasteiger partial charge in [0.1, 0.15) is 11.4 Å². The van der Waals surface area contributed by atoms with Gasteiger partial charge in [-0.2, -0.15) is 0 Å². The van der Waals surface area contributed by atoms with Gasteiger partial charge in [-0.25, -0.2) is 19.9 Å². The molecule has 0 radical (unpaired) electrons. The van der Waals surface area contributed by atoms with E-state index >= 15 is 0 Å². The number of halogens is 1. The second-order valence-electron chi connectivity index (χ2n) is 6.89. The summed E-state index contributed by atoms with van der Waals surface area (Å²) in [5.41, 5.74) is 1.43. The third kappa shape index (κ3) is 6.56. The molecule has 4 aromatic rings. The van der Waals surface area contributed by atoms with E-state index in [0.717, 1.165) is 5.69 Å². The van der Waals surface area contributed by atoms with E-state index in [1.54, 1.807) is 25.7 Å². The second kappa shape index (κ2) is 11.7. The first kappa shape index (κ1) is 23.8. The molecular formula is C23H24ClN7O2. The minimum Gasteiger partial charge on any atom is -0.492 e. The molecule has 0 aliphatic carbocycles.